The maximum Gasteiger partial charge on any atom is 0.408 e. The van der Waals surface area contributed by atoms with Crippen LogP contribution < -0.4 is 10.1 Å². The van der Waals surface area contributed by atoms with Crippen LogP contribution in [0.2, 0.25) is 0 Å². The molecule has 0 bridgehead atoms. The van der Waals surface area contributed by atoms with Crippen LogP contribution in [0.5, 0.6) is 5.75 Å². The van der Waals surface area contributed by atoms with Crippen LogP contribution in [0, 0.1) is 10.1 Å². The quantitative estimate of drug-likeness (QED) is 0.506. The Morgan fingerprint density at radius 2 is 1.91 bits per heavy atom. The molecule has 1 atom stereocenters. The third-order valence-electron chi connectivity index (χ3n) is 2.96. The number of hydrogen-bond donors (Lipinski definition) is 1. The summed E-state index contributed by atoms with van der Waals surface area (Å²) in [6, 6.07) is 3.96. The molecule has 0 aromatic heterocycles. The van der Waals surface area contributed by atoms with Crippen molar-refractivity contribution in [3.63, 3.8) is 0 Å². The Morgan fingerprint density at radius 3 is 2.35 bits per heavy atom. The number of carbonyl (C=O) groups excluding carboxylic acids is 2. The lowest BCUT2D eigenvalue weighted by Gasteiger charge is -2.27. The maximum atomic E-state index is 11.9. The summed E-state index contributed by atoms with van der Waals surface area (Å²) in [6.45, 7) is 6.35. The monoisotopic (exact) mass is 324 g/mol. The van der Waals surface area contributed by atoms with Gasteiger partial charge in [0.25, 0.3) is 5.69 Å². The average Bonchev–Trinajstić information content (AvgIpc) is 2.44. The molecule has 8 nitrogen and oxygen atoms in total. The number of amides is 1. The van der Waals surface area contributed by atoms with E-state index in [1.807, 2.05) is 0 Å². The Bertz CT molecular complexity index is 623. The number of nitrogens with zero attached hydrogens (tertiary/aromatic N) is 1. The van der Waals surface area contributed by atoms with Gasteiger partial charge in [0, 0.05) is 6.07 Å². The van der Waals surface area contributed by atoms with Crippen LogP contribution in [0.3, 0.4) is 0 Å². The fourth-order valence-corrected chi connectivity index (χ4v) is 1.89. The molecule has 1 aromatic rings. The van der Waals surface area contributed by atoms with Crippen LogP contribution in [0.1, 0.15) is 33.3 Å². The van der Waals surface area contributed by atoms with Gasteiger partial charge in [-0.3, -0.25) is 10.1 Å². The molecule has 1 aromatic carbocycles. The lowest BCUT2D eigenvalue weighted by Crippen LogP contribution is -2.47. The average molecular weight is 324 g/mol. The summed E-state index contributed by atoms with van der Waals surface area (Å²) in [6.07, 6.45) is -0.442. The van der Waals surface area contributed by atoms with Gasteiger partial charge in [0.2, 0.25) is 0 Å². The number of nitro groups is 1. The van der Waals surface area contributed by atoms with Crippen molar-refractivity contribution in [3.05, 3.63) is 33.9 Å². The first kappa shape index (κ1) is 18.4. The highest BCUT2D eigenvalue weighted by atomic mass is 16.6. The van der Waals surface area contributed by atoms with Gasteiger partial charge in [-0.25, -0.2) is 4.79 Å². The van der Waals surface area contributed by atoms with Crippen LogP contribution in [0.15, 0.2) is 18.2 Å². The number of alkyl carbamates (subject to hydrolysis) is 1. The number of ether oxygens (including phenoxy) is 2. The molecule has 23 heavy (non-hydrogen) atoms. The van der Waals surface area contributed by atoms with E-state index in [1.54, 1.807) is 20.8 Å². The number of methoxy groups -OCH3 is 1. The van der Waals surface area contributed by atoms with Gasteiger partial charge in [-0.15, -0.1) is 0 Å². The zero-order valence-electron chi connectivity index (χ0n) is 13.7. The first-order valence-corrected chi connectivity index (χ1v) is 6.83. The van der Waals surface area contributed by atoms with Crippen LogP contribution >= 0.6 is 0 Å². The fourth-order valence-electron chi connectivity index (χ4n) is 1.89. The first-order chi connectivity index (χ1) is 10.5. The normalized spacial score (nSPS) is 13.6. The van der Waals surface area contributed by atoms with E-state index in [2.05, 4.69) is 5.32 Å². The standard InChI is InChI=1S/C15H20N2O6/c1-14(2,3)23-13(19)16-15(4,9-18)11-8-10(22-5)6-7-12(11)17(20)21/h6-9H,1-5H3,(H,16,19). The summed E-state index contributed by atoms with van der Waals surface area (Å²) in [4.78, 5) is 34.1. The van der Waals surface area contributed by atoms with Crippen molar-refractivity contribution < 1.29 is 24.0 Å². The van der Waals surface area contributed by atoms with Gasteiger partial charge in [0.05, 0.1) is 17.6 Å². The van der Waals surface area contributed by atoms with Gasteiger partial charge in [-0.2, -0.15) is 0 Å². The van der Waals surface area contributed by atoms with E-state index >= 15 is 0 Å². The van der Waals surface area contributed by atoms with Gasteiger partial charge in [0.15, 0.2) is 0 Å². The van der Waals surface area contributed by atoms with Crippen molar-refractivity contribution in [2.75, 3.05) is 7.11 Å². The number of nitrogens with one attached hydrogen (secondary N) is 1. The van der Waals surface area contributed by atoms with E-state index in [0.717, 1.165) is 0 Å². The third kappa shape index (κ3) is 4.67. The second-order valence-corrected chi connectivity index (χ2v) is 6.09. The van der Waals surface area contributed by atoms with Gasteiger partial charge < -0.3 is 19.6 Å². The number of benzene rings is 1. The molecule has 0 heterocycles. The van der Waals surface area contributed by atoms with Gasteiger partial charge in [0.1, 0.15) is 23.2 Å². The minimum atomic E-state index is -1.64. The predicted molar refractivity (Wildman–Crippen MR) is 82.4 cm³/mol. The summed E-state index contributed by atoms with van der Waals surface area (Å²) in [5, 5.41) is 13.6. The zero-order chi connectivity index (χ0) is 17.8. The van der Waals surface area contributed by atoms with Crippen molar-refractivity contribution in [3.8, 4) is 5.75 Å². The smallest absolute Gasteiger partial charge is 0.408 e. The van der Waals surface area contributed by atoms with Crippen molar-refractivity contribution in [2.24, 2.45) is 0 Å². The highest BCUT2D eigenvalue weighted by Crippen LogP contribution is 2.32. The molecule has 1 N–H and O–H groups in total. The molecule has 8 heteroatoms. The molecule has 0 aliphatic heterocycles. The molecule has 0 spiro atoms. The van der Waals surface area contributed by atoms with Crippen molar-refractivity contribution in [2.45, 2.75) is 38.8 Å². The molecule has 1 rings (SSSR count). The summed E-state index contributed by atoms with van der Waals surface area (Å²) in [5.41, 5.74) is -2.72. The molecule has 1 amide bonds. The van der Waals surface area contributed by atoms with Gasteiger partial charge >= 0.3 is 6.09 Å². The Balaban J connectivity index is 3.29. The molecule has 0 saturated heterocycles. The van der Waals surface area contributed by atoms with E-state index in [0.29, 0.717) is 12.0 Å². The van der Waals surface area contributed by atoms with Gasteiger partial charge in [-0.1, -0.05) is 0 Å². The zero-order valence-corrected chi connectivity index (χ0v) is 13.7. The molecule has 0 radical (unpaired) electrons. The molecule has 0 saturated carbocycles. The van der Waals surface area contributed by atoms with Crippen LogP contribution in [0.25, 0.3) is 0 Å². The molecule has 0 fully saturated rings. The molecule has 1 unspecified atom stereocenters. The first-order valence-electron chi connectivity index (χ1n) is 6.83. The lowest BCUT2D eigenvalue weighted by molar-refractivity contribution is -0.386. The van der Waals surface area contributed by atoms with E-state index in [1.165, 1.54) is 32.2 Å². The number of rotatable bonds is 5. The molecule has 0 aliphatic carbocycles. The van der Waals surface area contributed by atoms with Crippen LogP contribution in [0.4, 0.5) is 10.5 Å². The minimum Gasteiger partial charge on any atom is -0.497 e. The Morgan fingerprint density at radius 1 is 1.30 bits per heavy atom. The van der Waals surface area contributed by atoms with E-state index in [9.17, 15) is 19.7 Å². The van der Waals surface area contributed by atoms with Crippen molar-refractivity contribution in [1.29, 1.82) is 0 Å². The number of aldehydes is 1. The summed E-state index contributed by atoms with van der Waals surface area (Å²) < 4.78 is 10.1. The van der Waals surface area contributed by atoms with Gasteiger partial charge in [-0.05, 0) is 39.8 Å². The van der Waals surface area contributed by atoms with Crippen LogP contribution in [-0.4, -0.2) is 30.0 Å². The minimum absolute atomic E-state index is 0.00251. The second-order valence-electron chi connectivity index (χ2n) is 6.09. The Labute approximate surface area is 133 Å². The number of hydrogen-bond acceptors (Lipinski definition) is 6. The largest absolute Gasteiger partial charge is 0.497 e. The predicted octanol–water partition coefficient (Wildman–Crippen LogP) is 2.54. The van der Waals surface area contributed by atoms with Crippen molar-refractivity contribution >= 4 is 18.1 Å². The molecular formula is C15H20N2O6. The summed E-state index contributed by atoms with van der Waals surface area (Å²) >= 11 is 0. The van der Waals surface area contributed by atoms with E-state index in [4.69, 9.17) is 9.47 Å². The molecular weight excluding hydrogens is 304 g/mol. The maximum absolute atomic E-state index is 11.9. The highest BCUT2D eigenvalue weighted by Gasteiger charge is 2.36. The number of nitro benzene ring substituents is 1. The molecule has 0 aliphatic rings. The van der Waals surface area contributed by atoms with E-state index < -0.39 is 22.2 Å². The molecule has 126 valence electrons. The lowest BCUT2D eigenvalue weighted by atomic mass is 9.92. The summed E-state index contributed by atoms with van der Waals surface area (Å²) in [5.74, 6) is 0.324. The fraction of sp³-hybridized carbons (Fsp3) is 0.467. The third-order valence-corrected chi connectivity index (χ3v) is 2.96. The van der Waals surface area contributed by atoms with Crippen molar-refractivity contribution in [1.82, 2.24) is 5.32 Å². The van der Waals surface area contributed by atoms with E-state index in [-0.39, 0.29) is 11.3 Å². The number of carbonyl (C=O) groups is 2. The Kier molecular flexibility index (Phi) is 5.31. The highest BCUT2D eigenvalue weighted by molar-refractivity contribution is 5.79. The summed E-state index contributed by atoms with van der Waals surface area (Å²) in [7, 11) is 1.39. The second kappa shape index (κ2) is 6.64. The Hall–Kier alpha value is -2.64. The topological polar surface area (TPSA) is 108 Å². The SMILES string of the molecule is COc1ccc([N+](=O)[O-])c(C(C)(C=O)NC(=O)OC(C)(C)C)c1. The van der Waals surface area contributed by atoms with Crippen LogP contribution in [-0.2, 0) is 15.1 Å².